The molecule has 0 radical (unpaired) electrons. The number of ether oxygens (including phenoxy) is 1. The van der Waals surface area contributed by atoms with E-state index in [-0.39, 0.29) is 22.6 Å². The topological polar surface area (TPSA) is 63.0 Å². The third kappa shape index (κ3) is 2.88. The van der Waals surface area contributed by atoms with E-state index in [4.69, 9.17) is 16.9 Å². The van der Waals surface area contributed by atoms with Gasteiger partial charge in [-0.3, -0.25) is 9.78 Å². The first-order valence-electron chi connectivity index (χ1n) is 4.43. The zero-order chi connectivity index (χ0) is 13.0. The van der Waals surface area contributed by atoms with E-state index < -0.39 is 18.1 Å². The number of methoxy groups -OCH3 is 1. The Morgan fingerprint density at radius 1 is 1.71 bits per heavy atom. The van der Waals surface area contributed by atoms with Gasteiger partial charge in [-0.25, -0.2) is 8.78 Å². The summed E-state index contributed by atoms with van der Waals surface area (Å²) in [4.78, 5) is 14.5. The summed E-state index contributed by atoms with van der Waals surface area (Å²) in [5.41, 5.74) is -0.666. The average molecular weight is 261 g/mol. The highest BCUT2D eigenvalue weighted by Gasteiger charge is 2.21. The Morgan fingerprint density at radius 2 is 2.35 bits per heavy atom. The summed E-state index contributed by atoms with van der Waals surface area (Å²) in [6.45, 7) is 0. The molecule has 0 aliphatic rings. The maximum Gasteiger partial charge on any atom is 0.310 e. The molecule has 7 heteroatoms. The molecule has 0 saturated heterocycles. The van der Waals surface area contributed by atoms with Gasteiger partial charge in [0.1, 0.15) is 11.8 Å². The summed E-state index contributed by atoms with van der Waals surface area (Å²) in [6, 6.07) is 1.73. The van der Waals surface area contributed by atoms with Crippen molar-refractivity contribution in [3.8, 4) is 6.07 Å². The van der Waals surface area contributed by atoms with Crippen molar-refractivity contribution in [3.63, 3.8) is 0 Å². The highest BCUT2D eigenvalue weighted by Crippen LogP contribution is 2.30. The Balaban J connectivity index is 3.28. The van der Waals surface area contributed by atoms with E-state index in [1.165, 1.54) is 0 Å². The second kappa shape index (κ2) is 5.55. The van der Waals surface area contributed by atoms with E-state index in [1.807, 2.05) is 0 Å². The highest BCUT2D eigenvalue weighted by atomic mass is 35.5. The first kappa shape index (κ1) is 13.3. The Morgan fingerprint density at radius 3 is 2.82 bits per heavy atom. The lowest BCUT2D eigenvalue weighted by Crippen LogP contribution is -2.09. The standard InChI is InChI=1S/C10H7ClF2N2O2/c1-17-7(16)2-6-5(3-14)4-15-9(8(6)11)10(12)13/h4,10H,2H2,1H3. The molecule has 1 aromatic heterocycles. The fraction of sp³-hybridized carbons (Fsp3) is 0.300. The van der Waals surface area contributed by atoms with Crippen LogP contribution in [0.2, 0.25) is 5.02 Å². The zero-order valence-electron chi connectivity index (χ0n) is 8.71. The molecular formula is C10H7ClF2N2O2. The summed E-state index contributed by atoms with van der Waals surface area (Å²) in [5, 5.41) is 8.40. The molecule has 0 aromatic carbocycles. The predicted octanol–water partition coefficient (Wildman–Crippen LogP) is 2.26. The number of hydrogen-bond donors (Lipinski definition) is 0. The van der Waals surface area contributed by atoms with Gasteiger partial charge in [-0.1, -0.05) is 11.6 Å². The first-order chi connectivity index (χ1) is 8.01. The molecule has 4 nitrogen and oxygen atoms in total. The van der Waals surface area contributed by atoms with Gasteiger partial charge in [0.2, 0.25) is 0 Å². The van der Waals surface area contributed by atoms with Gasteiger partial charge in [0.15, 0.2) is 0 Å². The second-order valence-electron chi connectivity index (χ2n) is 3.02. The SMILES string of the molecule is COC(=O)Cc1c(C#N)cnc(C(F)F)c1Cl. The molecule has 0 aliphatic heterocycles. The van der Waals surface area contributed by atoms with Crippen LogP contribution in [0, 0.1) is 11.3 Å². The lowest BCUT2D eigenvalue weighted by atomic mass is 10.1. The van der Waals surface area contributed by atoms with E-state index in [2.05, 4.69) is 9.72 Å². The van der Waals surface area contributed by atoms with Gasteiger partial charge in [-0.2, -0.15) is 5.26 Å². The van der Waals surface area contributed by atoms with Crippen molar-refractivity contribution in [2.24, 2.45) is 0 Å². The van der Waals surface area contributed by atoms with Crippen LogP contribution < -0.4 is 0 Å². The van der Waals surface area contributed by atoms with Crippen LogP contribution in [0.1, 0.15) is 23.2 Å². The Kier molecular flexibility index (Phi) is 4.35. The van der Waals surface area contributed by atoms with E-state index in [9.17, 15) is 13.6 Å². The molecule has 90 valence electrons. The van der Waals surface area contributed by atoms with Gasteiger partial charge in [0.25, 0.3) is 6.43 Å². The average Bonchev–Trinajstić information content (AvgIpc) is 2.30. The smallest absolute Gasteiger partial charge is 0.310 e. The maximum atomic E-state index is 12.5. The van der Waals surface area contributed by atoms with Crippen LogP contribution in [0.3, 0.4) is 0 Å². The van der Waals surface area contributed by atoms with Crippen molar-refractivity contribution < 1.29 is 18.3 Å². The molecule has 0 aliphatic carbocycles. The summed E-state index contributed by atoms with van der Waals surface area (Å²) in [7, 11) is 1.15. The Hall–Kier alpha value is -1.74. The molecule has 0 saturated carbocycles. The molecule has 1 rings (SSSR count). The fourth-order valence-electron chi connectivity index (χ4n) is 1.18. The summed E-state index contributed by atoms with van der Waals surface area (Å²) in [5.74, 6) is -0.671. The van der Waals surface area contributed by atoms with Crippen molar-refractivity contribution in [2.45, 2.75) is 12.8 Å². The number of nitrogens with zero attached hydrogens (tertiary/aromatic N) is 2. The Labute approximate surface area is 101 Å². The molecule has 0 N–H and O–H groups in total. The molecular weight excluding hydrogens is 254 g/mol. The van der Waals surface area contributed by atoms with Gasteiger partial charge in [-0.15, -0.1) is 0 Å². The number of rotatable bonds is 3. The van der Waals surface area contributed by atoms with Crippen molar-refractivity contribution >= 4 is 17.6 Å². The number of nitriles is 1. The van der Waals surface area contributed by atoms with Crippen LogP contribution in [-0.2, 0) is 16.0 Å². The largest absolute Gasteiger partial charge is 0.469 e. The molecule has 0 atom stereocenters. The lowest BCUT2D eigenvalue weighted by molar-refractivity contribution is -0.139. The van der Waals surface area contributed by atoms with E-state index in [1.54, 1.807) is 6.07 Å². The van der Waals surface area contributed by atoms with Gasteiger partial charge < -0.3 is 4.74 Å². The minimum Gasteiger partial charge on any atom is -0.469 e. The van der Waals surface area contributed by atoms with Crippen molar-refractivity contribution in [3.05, 3.63) is 28.0 Å². The third-order valence-corrected chi connectivity index (χ3v) is 2.45. The lowest BCUT2D eigenvalue weighted by Gasteiger charge is -2.09. The molecule has 17 heavy (non-hydrogen) atoms. The molecule has 1 aromatic rings. The van der Waals surface area contributed by atoms with E-state index >= 15 is 0 Å². The van der Waals surface area contributed by atoms with Crippen molar-refractivity contribution in [2.75, 3.05) is 7.11 Å². The number of carbonyl (C=O) groups is 1. The van der Waals surface area contributed by atoms with Crippen LogP contribution in [-0.4, -0.2) is 18.1 Å². The third-order valence-electron chi connectivity index (χ3n) is 2.02. The molecule has 0 bridgehead atoms. The highest BCUT2D eigenvalue weighted by molar-refractivity contribution is 6.32. The summed E-state index contributed by atoms with van der Waals surface area (Å²) < 4.78 is 29.4. The van der Waals surface area contributed by atoms with Gasteiger partial charge >= 0.3 is 5.97 Å². The molecule has 0 unspecified atom stereocenters. The fourth-order valence-corrected chi connectivity index (χ4v) is 1.48. The number of aromatic nitrogens is 1. The van der Waals surface area contributed by atoms with E-state index in [0.29, 0.717) is 0 Å². The number of carbonyl (C=O) groups excluding carboxylic acids is 1. The van der Waals surface area contributed by atoms with Crippen molar-refractivity contribution in [1.29, 1.82) is 5.26 Å². The normalized spacial score (nSPS) is 10.1. The molecule has 0 fully saturated rings. The minimum absolute atomic E-state index is 0.00585. The predicted molar refractivity (Wildman–Crippen MR) is 54.6 cm³/mol. The number of alkyl halides is 2. The van der Waals surface area contributed by atoms with Crippen LogP contribution in [0.25, 0.3) is 0 Å². The number of hydrogen-bond acceptors (Lipinski definition) is 4. The molecule has 0 amide bonds. The maximum absolute atomic E-state index is 12.5. The molecule has 1 heterocycles. The quantitative estimate of drug-likeness (QED) is 0.782. The van der Waals surface area contributed by atoms with Gasteiger partial charge in [0.05, 0.1) is 24.1 Å². The minimum atomic E-state index is -2.87. The van der Waals surface area contributed by atoms with Gasteiger partial charge in [0, 0.05) is 11.8 Å². The summed E-state index contributed by atoms with van der Waals surface area (Å²) in [6.07, 6.45) is -2.25. The van der Waals surface area contributed by atoms with Crippen LogP contribution >= 0.6 is 11.6 Å². The monoisotopic (exact) mass is 260 g/mol. The summed E-state index contributed by atoms with van der Waals surface area (Å²) >= 11 is 5.69. The van der Waals surface area contributed by atoms with Crippen molar-refractivity contribution in [1.82, 2.24) is 4.98 Å². The van der Waals surface area contributed by atoms with Gasteiger partial charge in [-0.05, 0) is 0 Å². The van der Waals surface area contributed by atoms with E-state index in [0.717, 1.165) is 13.3 Å². The van der Waals surface area contributed by atoms with Crippen LogP contribution in [0.15, 0.2) is 6.20 Å². The van der Waals surface area contributed by atoms with Crippen LogP contribution in [0.4, 0.5) is 8.78 Å². The molecule has 0 spiro atoms. The number of halogens is 3. The number of pyridine rings is 1. The first-order valence-corrected chi connectivity index (χ1v) is 4.81. The number of esters is 1. The second-order valence-corrected chi connectivity index (χ2v) is 3.39. The van der Waals surface area contributed by atoms with Crippen LogP contribution in [0.5, 0.6) is 0 Å². The Bertz CT molecular complexity index is 486. The zero-order valence-corrected chi connectivity index (χ0v) is 9.46.